The Labute approximate surface area is 204 Å². The molecule has 34 heavy (non-hydrogen) atoms. The standard InChI is InChI=1S/C25H20ClN5O2S/c1-15-20-13-21(34-25(20)31(29-15)19-5-3-2-4-6-19)24(32)30(18-11-12-18)14-22-27-28-23(33-22)16-7-9-17(26)10-8-16/h2-10,13,18H,11-12,14H2,1H3. The molecule has 2 aromatic carbocycles. The number of amides is 1. The van der Waals surface area contributed by atoms with E-state index in [1.807, 2.05) is 65.0 Å². The average Bonchev–Trinajstić information content (AvgIpc) is 3.29. The zero-order valence-electron chi connectivity index (χ0n) is 18.3. The lowest BCUT2D eigenvalue weighted by atomic mass is 10.2. The Hall–Kier alpha value is -3.49. The number of rotatable bonds is 6. The fourth-order valence-electron chi connectivity index (χ4n) is 3.96. The topological polar surface area (TPSA) is 77.1 Å². The van der Waals surface area contributed by atoms with Crippen molar-refractivity contribution in [2.75, 3.05) is 0 Å². The molecule has 0 bridgehead atoms. The molecule has 6 rings (SSSR count). The number of aromatic nitrogens is 4. The maximum atomic E-state index is 13.6. The Balaban J connectivity index is 1.28. The summed E-state index contributed by atoms with van der Waals surface area (Å²) in [6.45, 7) is 2.25. The molecule has 3 aromatic heterocycles. The molecule has 3 heterocycles. The normalized spacial score (nSPS) is 13.5. The highest BCUT2D eigenvalue weighted by atomic mass is 35.5. The minimum atomic E-state index is -0.0195. The van der Waals surface area contributed by atoms with Crippen molar-refractivity contribution in [1.29, 1.82) is 0 Å². The third-order valence-electron chi connectivity index (χ3n) is 5.87. The number of para-hydroxylation sites is 1. The molecule has 9 heteroatoms. The first-order chi connectivity index (χ1) is 16.6. The molecule has 0 aliphatic heterocycles. The van der Waals surface area contributed by atoms with Gasteiger partial charge in [-0.15, -0.1) is 21.5 Å². The van der Waals surface area contributed by atoms with Crippen LogP contribution in [0.25, 0.3) is 27.4 Å². The Morgan fingerprint density at radius 2 is 1.91 bits per heavy atom. The van der Waals surface area contributed by atoms with E-state index in [9.17, 15) is 4.79 Å². The molecule has 0 unspecified atom stereocenters. The van der Waals surface area contributed by atoms with Crippen LogP contribution in [0.4, 0.5) is 0 Å². The van der Waals surface area contributed by atoms with Crippen LogP contribution < -0.4 is 0 Å². The highest BCUT2D eigenvalue weighted by Crippen LogP contribution is 2.35. The first-order valence-corrected chi connectivity index (χ1v) is 12.2. The molecule has 0 atom stereocenters. The minimum Gasteiger partial charge on any atom is -0.419 e. The highest BCUT2D eigenvalue weighted by Gasteiger charge is 2.35. The van der Waals surface area contributed by atoms with Crippen molar-refractivity contribution in [3.63, 3.8) is 0 Å². The van der Waals surface area contributed by atoms with E-state index >= 15 is 0 Å². The van der Waals surface area contributed by atoms with Gasteiger partial charge in [0.2, 0.25) is 11.8 Å². The van der Waals surface area contributed by atoms with Crippen molar-refractivity contribution in [2.24, 2.45) is 0 Å². The lowest BCUT2D eigenvalue weighted by Crippen LogP contribution is -2.32. The number of carbonyl (C=O) groups excluding carboxylic acids is 1. The molecule has 5 aromatic rings. The smallest absolute Gasteiger partial charge is 0.264 e. The number of fused-ring (bicyclic) bond motifs is 1. The van der Waals surface area contributed by atoms with Gasteiger partial charge in [0, 0.05) is 22.0 Å². The van der Waals surface area contributed by atoms with Crippen molar-refractivity contribution >= 4 is 39.1 Å². The van der Waals surface area contributed by atoms with Gasteiger partial charge in [-0.3, -0.25) is 4.79 Å². The van der Waals surface area contributed by atoms with Gasteiger partial charge in [-0.2, -0.15) is 5.10 Å². The number of hydrogen-bond acceptors (Lipinski definition) is 6. The van der Waals surface area contributed by atoms with Gasteiger partial charge in [-0.1, -0.05) is 29.8 Å². The van der Waals surface area contributed by atoms with E-state index < -0.39 is 0 Å². The Morgan fingerprint density at radius 1 is 1.15 bits per heavy atom. The van der Waals surface area contributed by atoms with Gasteiger partial charge in [0.1, 0.15) is 4.83 Å². The molecule has 0 radical (unpaired) electrons. The zero-order chi connectivity index (χ0) is 23.2. The molecule has 0 spiro atoms. The number of halogens is 1. The van der Waals surface area contributed by atoms with Crippen LogP contribution in [-0.2, 0) is 6.54 Å². The minimum absolute atomic E-state index is 0.0195. The lowest BCUT2D eigenvalue weighted by Gasteiger charge is -2.19. The summed E-state index contributed by atoms with van der Waals surface area (Å²) in [5.41, 5.74) is 2.66. The number of thiophene rings is 1. The Kier molecular flexibility index (Phi) is 5.19. The van der Waals surface area contributed by atoms with Gasteiger partial charge in [-0.25, -0.2) is 4.68 Å². The van der Waals surface area contributed by atoms with E-state index in [4.69, 9.17) is 16.0 Å². The van der Waals surface area contributed by atoms with Gasteiger partial charge in [0.25, 0.3) is 5.91 Å². The Morgan fingerprint density at radius 3 is 2.65 bits per heavy atom. The van der Waals surface area contributed by atoms with Crippen LogP contribution in [0.1, 0.15) is 34.1 Å². The summed E-state index contributed by atoms with van der Waals surface area (Å²) in [4.78, 5) is 17.1. The molecule has 1 aliphatic rings. The first kappa shape index (κ1) is 21.1. The van der Waals surface area contributed by atoms with Crippen molar-refractivity contribution in [2.45, 2.75) is 32.4 Å². The Bertz CT molecular complexity index is 1490. The maximum Gasteiger partial charge on any atom is 0.264 e. The third kappa shape index (κ3) is 3.89. The number of hydrogen-bond donors (Lipinski definition) is 0. The third-order valence-corrected chi connectivity index (χ3v) is 7.22. The number of carbonyl (C=O) groups is 1. The predicted molar refractivity (Wildman–Crippen MR) is 131 cm³/mol. The summed E-state index contributed by atoms with van der Waals surface area (Å²) in [5.74, 6) is 0.808. The zero-order valence-corrected chi connectivity index (χ0v) is 19.9. The highest BCUT2D eigenvalue weighted by molar-refractivity contribution is 7.20. The van der Waals surface area contributed by atoms with E-state index in [-0.39, 0.29) is 18.5 Å². The van der Waals surface area contributed by atoms with Crippen LogP contribution in [0, 0.1) is 6.92 Å². The second-order valence-electron chi connectivity index (χ2n) is 8.33. The summed E-state index contributed by atoms with van der Waals surface area (Å²) < 4.78 is 7.78. The van der Waals surface area contributed by atoms with Crippen molar-refractivity contribution in [1.82, 2.24) is 24.9 Å². The number of benzene rings is 2. The fourth-order valence-corrected chi connectivity index (χ4v) is 5.23. The molecule has 1 saturated carbocycles. The summed E-state index contributed by atoms with van der Waals surface area (Å²) in [7, 11) is 0. The van der Waals surface area contributed by atoms with Crippen LogP contribution in [0.3, 0.4) is 0 Å². The molecule has 1 fully saturated rings. The van der Waals surface area contributed by atoms with E-state index in [1.165, 1.54) is 11.3 Å². The summed E-state index contributed by atoms with van der Waals surface area (Å²) in [6.07, 6.45) is 1.96. The van der Waals surface area contributed by atoms with Crippen LogP contribution in [0.5, 0.6) is 0 Å². The van der Waals surface area contributed by atoms with Gasteiger partial charge < -0.3 is 9.32 Å². The largest absolute Gasteiger partial charge is 0.419 e. The van der Waals surface area contributed by atoms with Crippen LogP contribution in [-0.4, -0.2) is 36.8 Å². The van der Waals surface area contributed by atoms with Crippen LogP contribution in [0.15, 0.2) is 65.1 Å². The van der Waals surface area contributed by atoms with Crippen LogP contribution in [0.2, 0.25) is 5.02 Å². The van der Waals surface area contributed by atoms with E-state index in [0.717, 1.165) is 40.0 Å². The maximum absolute atomic E-state index is 13.6. The van der Waals surface area contributed by atoms with Gasteiger partial charge in [-0.05, 0) is 62.2 Å². The molecule has 7 nitrogen and oxygen atoms in total. The van der Waals surface area contributed by atoms with E-state index in [2.05, 4.69) is 15.3 Å². The molecule has 0 saturated heterocycles. The predicted octanol–water partition coefficient (Wildman–Crippen LogP) is 5.90. The SMILES string of the molecule is Cc1nn(-c2ccccc2)c2sc(C(=O)N(Cc3nnc(-c4ccc(Cl)cc4)o3)C3CC3)cc12. The second kappa shape index (κ2) is 8.38. The fraction of sp³-hybridized carbons (Fsp3) is 0.200. The van der Waals surface area contributed by atoms with Gasteiger partial charge >= 0.3 is 0 Å². The quantitative estimate of drug-likeness (QED) is 0.296. The van der Waals surface area contributed by atoms with Gasteiger partial charge in [0.15, 0.2) is 0 Å². The molecular weight excluding hydrogens is 470 g/mol. The molecule has 170 valence electrons. The monoisotopic (exact) mass is 489 g/mol. The van der Waals surface area contributed by atoms with Crippen molar-refractivity contribution < 1.29 is 9.21 Å². The van der Waals surface area contributed by atoms with Gasteiger partial charge in [0.05, 0.1) is 22.8 Å². The molecule has 0 N–H and O–H groups in total. The second-order valence-corrected chi connectivity index (χ2v) is 9.80. The average molecular weight is 490 g/mol. The van der Waals surface area contributed by atoms with Crippen molar-refractivity contribution in [3.8, 4) is 17.1 Å². The number of aryl methyl sites for hydroxylation is 1. The van der Waals surface area contributed by atoms with Crippen molar-refractivity contribution in [3.05, 3.63) is 82.1 Å². The summed E-state index contributed by atoms with van der Waals surface area (Å²) in [6, 6.07) is 19.3. The lowest BCUT2D eigenvalue weighted by molar-refractivity contribution is 0.0719. The van der Waals surface area contributed by atoms with E-state index in [0.29, 0.717) is 21.7 Å². The summed E-state index contributed by atoms with van der Waals surface area (Å²) in [5, 5.41) is 14.7. The molecular formula is C25H20ClN5O2S. The van der Waals surface area contributed by atoms with E-state index in [1.54, 1.807) is 12.1 Å². The first-order valence-electron chi connectivity index (χ1n) is 11.0. The number of nitrogens with zero attached hydrogens (tertiary/aromatic N) is 5. The molecule has 1 aliphatic carbocycles. The summed E-state index contributed by atoms with van der Waals surface area (Å²) >= 11 is 7.43. The van der Waals surface area contributed by atoms with Crippen LogP contribution >= 0.6 is 22.9 Å². The molecule has 1 amide bonds.